The van der Waals surface area contributed by atoms with Crippen LogP contribution < -0.4 is 0 Å². The molecule has 0 aliphatic rings. The predicted molar refractivity (Wildman–Crippen MR) is 76.6 cm³/mol. The van der Waals surface area contributed by atoms with E-state index in [4.69, 9.17) is 0 Å². The van der Waals surface area contributed by atoms with Crippen molar-refractivity contribution in [3.63, 3.8) is 0 Å². The van der Waals surface area contributed by atoms with Crippen LogP contribution in [0.25, 0.3) is 10.9 Å². The molecule has 102 valence electrons. The Bertz CT molecular complexity index is 769. The monoisotopic (exact) mass is 268 g/mol. The highest BCUT2D eigenvalue weighted by molar-refractivity contribution is 6.06. The Balaban J connectivity index is 1.84. The number of fused-ring (bicyclic) bond motifs is 1. The molecular weight excluding hydrogens is 252 g/mol. The smallest absolute Gasteiger partial charge is 0.184 e. The third kappa shape index (κ3) is 2.11. The quantitative estimate of drug-likeness (QED) is 0.681. The van der Waals surface area contributed by atoms with Crippen molar-refractivity contribution in [2.45, 2.75) is 12.8 Å². The molecule has 0 N–H and O–H groups in total. The number of aryl methyl sites for hydroxylation is 3. The van der Waals surface area contributed by atoms with Gasteiger partial charge in [0, 0.05) is 44.7 Å². The van der Waals surface area contributed by atoms with Crippen molar-refractivity contribution < 1.29 is 4.79 Å². The number of carbonyl (C=O) groups excluding carboxylic acids is 1. The third-order valence-electron chi connectivity index (χ3n) is 3.52. The number of benzene rings is 1. The van der Waals surface area contributed by atoms with Gasteiger partial charge in [-0.25, -0.2) is 4.98 Å². The number of Topliss-reactive ketones (excluding diaryl/α,β-unsaturated/α-hetero) is 1. The van der Waals surface area contributed by atoms with E-state index < -0.39 is 0 Å². The summed E-state index contributed by atoms with van der Waals surface area (Å²) in [4.78, 5) is 16.6. The van der Waals surface area contributed by atoms with Crippen molar-refractivity contribution in [2.75, 3.05) is 0 Å². The van der Waals surface area contributed by atoms with Gasteiger partial charge in [0.2, 0.25) is 0 Å². The number of aromatic nitrogens is 4. The minimum absolute atomic E-state index is 0.0600. The topological polar surface area (TPSA) is 52.7 Å². The zero-order chi connectivity index (χ0) is 14.1. The van der Waals surface area contributed by atoms with Gasteiger partial charge in [-0.1, -0.05) is 18.2 Å². The number of nitrogens with zero attached hydrogens (tertiary/aromatic N) is 4. The molecule has 0 aliphatic heterocycles. The van der Waals surface area contributed by atoms with E-state index in [2.05, 4.69) is 10.1 Å². The first kappa shape index (κ1) is 12.6. The Morgan fingerprint density at radius 2 is 2.05 bits per heavy atom. The molecule has 0 fully saturated rings. The lowest BCUT2D eigenvalue weighted by atomic mass is 10.1. The molecule has 5 nitrogen and oxygen atoms in total. The number of hydrogen-bond donors (Lipinski definition) is 0. The molecule has 1 aromatic carbocycles. The van der Waals surface area contributed by atoms with E-state index in [-0.39, 0.29) is 5.78 Å². The molecule has 0 atom stereocenters. The fourth-order valence-electron chi connectivity index (χ4n) is 2.40. The Kier molecular flexibility index (Phi) is 3.10. The number of rotatable bonds is 4. The van der Waals surface area contributed by atoms with Gasteiger partial charge < -0.3 is 4.57 Å². The van der Waals surface area contributed by atoms with Crippen molar-refractivity contribution in [1.29, 1.82) is 0 Å². The van der Waals surface area contributed by atoms with Crippen LogP contribution in [0.1, 0.15) is 22.7 Å². The lowest BCUT2D eigenvalue weighted by Gasteiger charge is -2.00. The van der Waals surface area contributed by atoms with E-state index in [1.807, 2.05) is 49.1 Å². The standard InChI is InChI=1S/C15H16N4O/c1-18-10-9-16-14(18)8-7-13(20)15-11-5-3-4-6-12(11)19(2)17-15/h3-6,9-10H,7-8H2,1-2H3. The second-order valence-corrected chi connectivity index (χ2v) is 4.87. The molecule has 0 amide bonds. The summed E-state index contributed by atoms with van der Waals surface area (Å²) in [5.74, 6) is 0.975. The highest BCUT2D eigenvalue weighted by Crippen LogP contribution is 2.19. The predicted octanol–water partition coefficient (Wildman–Crippen LogP) is 2.12. The molecule has 2 heterocycles. The molecule has 0 bridgehead atoms. The highest BCUT2D eigenvalue weighted by atomic mass is 16.1. The first-order chi connectivity index (χ1) is 9.66. The van der Waals surface area contributed by atoms with E-state index in [0.717, 1.165) is 16.7 Å². The summed E-state index contributed by atoms with van der Waals surface area (Å²) in [6.45, 7) is 0. The maximum absolute atomic E-state index is 12.4. The Morgan fingerprint density at radius 3 is 2.80 bits per heavy atom. The number of hydrogen-bond acceptors (Lipinski definition) is 3. The minimum atomic E-state index is 0.0600. The van der Waals surface area contributed by atoms with Crippen LogP contribution in [0.4, 0.5) is 0 Å². The first-order valence-corrected chi connectivity index (χ1v) is 6.58. The summed E-state index contributed by atoms with van der Waals surface area (Å²) in [5, 5.41) is 5.27. The van der Waals surface area contributed by atoms with E-state index in [1.54, 1.807) is 10.9 Å². The van der Waals surface area contributed by atoms with Crippen LogP contribution in [0, 0.1) is 0 Å². The van der Waals surface area contributed by atoms with Crippen molar-refractivity contribution in [1.82, 2.24) is 19.3 Å². The van der Waals surface area contributed by atoms with Crippen LogP contribution in [-0.4, -0.2) is 25.1 Å². The Hall–Kier alpha value is -2.43. The van der Waals surface area contributed by atoms with Gasteiger partial charge in [0.25, 0.3) is 0 Å². The van der Waals surface area contributed by atoms with E-state index in [9.17, 15) is 4.79 Å². The third-order valence-corrected chi connectivity index (χ3v) is 3.52. The average molecular weight is 268 g/mol. The van der Waals surface area contributed by atoms with Crippen molar-refractivity contribution in [2.24, 2.45) is 14.1 Å². The molecule has 0 radical (unpaired) electrons. The van der Waals surface area contributed by atoms with Gasteiger partial charge >= 0.3 is 0 Å². The van der Waals surface area contributed by atoms with Crippen molar-refractivity contribution in [3.8, 4) is 0 Å². The molecular formula is C15H16N4O. The molecule has 0 unspecified atom stereocenters. The van der Waals surface area contributed by atoms with Crippen LogP contribution in [0.15, 0.2) is 36.7 Å². The van der Waals surface area contributed by atoms with Crippen molar-refractivity contribution in [3.05, 3.63) is 48.2 Å². The molecule has 2 aromatic heterocycles. The van der Waals surface area contributed by atoms with Gasteiger partial charge in [-0.15, -0.1) is 0 Å². The summed E-state index contributed by atoms with van der Waals surface area (Å²) in [6, 6.07) is 7.79. The zero-order valence-corrected chi connectivity index (χ0v) is 11.6. The van der Waals surface area contributed by atoms with Gasteiger partial charge in [0.05, 0.1) is 5.52 Å². The zero-order valence-electron chi connectivity index (χ0n) is 11.6. The number of imidazole rings is 1. The molecule has 3 rings (SSSR count). The van der Waals surface area contributed by atoms with Gasteiger partial charge in [0.15, 0.2) is 5.78 Å². The fraction of sp³-hybridized carbons (Fsp3) is 0.267. The van der Waals surface area contributed by atoms with Gasteiger partial charge in [-0.2, -0.15) is 5.10 Å². The molecule has 20 heavy (non-hydrogen) atoms. The second kappa shape index (κ2) is 4.92. The van der Waals surface area contributed by atoms with Crippen LogP contribution in [-0.2, 0) is 20.5 Å². The molecule has 0 saturated carbocycles. The van der Waals surface area contributed by atoms with Crippen LogP contribution >= 0.6 is 0 Å². The van der Waals surface area contributed by atoms with Crippen LogP contribution in [0.5, 0.6) is 0 Å². The average Bonchev–Trinajstić information content (AvgIpc) is 3.01. The van der Waals surface area contributed by atoms with Gasteiger partial charge in [-0.3, -0.25) is 9.48 Å². The highest BCUT2D eigenvalue weighted by Gasteiger charge is 2.16. The maximum atomic E-state index is 12.4. The van der Waals surface area contributed by atoms with Crippen molar-refractivity contribution >= 4 is 16.7 Å². The molecule has 3 aromatic rings. The van der Waals surface area contributed by atoms with Gasteiger partial charge in [-0.05, 0) is 6.07 Å². The number of para-hydroxylation sites is 1. The SMILES string of the molecule is Cn1ccnc1CCC(=O)c1nn(C)c2ccccc12. The largest absolute Gasteiger partial charge is 0.338 e. The summed E-state index contributed by atoms with van der Waals surface area (Å²) in [5.41, 5.74) is 1.53. The number of carbonyl (C=O) groups is 1. The normalized spacial score (nSPS) is 11.1. The van der Waals surface area contributed by atoms with E-state index >= 15 is 0 Å². The lowest BCUT2D eigenvalue weighted by Crippen LogP contribution is -2.06. The molecule has 5 heteroatoms. The lowest BCUT2D eigenvalue weighted by molar-refractivity contribution is 0.0978. The van der Waals surface area contributed by atoms with Gasteiger partial charge in [0.1, 0.15) is 11.5 Å². The van der Waals surface area contributed by atoms with E-state index in [0.29, 0.717) is 18.5 Å². The summed E-state index contributed by atoms with van der Waals surface area (Å²) < 4.78 is 3.69. The van der Waals surface area contributed by atoms with E-state index in [1.165, 1.54) is 0 Å². The summed E-state index contributed by atoms with van der Waals surface area (Å²) in [6.07, 6.45) is 4.69. The molecule has 0 spiro atoms. The first-order valence-electron chi connectivity index (χ1n) is 6.58. The maximum Gasteiger partial charge on any atom is 0.184 e. The summed E-state index contributed by atoms with van der Waals surface area (Å²) >= 11 is 0. The summed E-state index contributed by atoms with van der Waals surface area (Å²) in [7, 11) is 3.79. The van der Waals surface area contributed by atoms with Crippen LogP contribution in [0.2, 0.25) is 0 Å². The Morgan fingerprint density at radius 1 is 1.25 bits per heavy atom. The molecule has 0 saturated heterocycles. The fourth-order valence-corrected chi connectivity index (χ4v) is 2.40. The minimum Gasteiger partial charge on any atom is -0.338 e. The Labute approximate surface area is 116 Å². The number of ketones is 1. The molecule has 0 aliphatic carbocycles. The second-order valence-electron chi connectivity index (χ2n) is 4.87. The van der Waals surface area contributed by atoms with Crippen LogP contribution in [0.3, 0.4) is 0 Å².